The van der Waals surface area contributed by atoms with Gasteiger partial charge in [-0.2, -0.15) is 0 Å². The van der Waals surface area contributed by atoms with Gasteiger partial charge >= 0.3 is 0 Å². The molecule has 1 nitrogen and oxygen atoms in total. The third-order valence-electron chi connectivity index (χ3n) is 2.22. The largest absolute Gasteiger partial charge is 0.508 e. The Morgan fingerprint density at radius 2 is 2.33 bits per heavy atom. The van der Waals surface area contributed by atoms with Crippen LogP contribution in [0.2, 0.25) is 0 Å². The quantitative estimate of drug-likeness (QED) is 0.543. The highest BCUT2D eigenvalue weighted by molar-refractivity contribution is 5.33. The first kappa shape index (κ1) is 11.5. The van der Waals surface area contributed by atoms with E-state index in [9.17, 15) is 9.50 Å². The van der Waals surface area contributed by atoms with E-state index in [1.54, 1.807) is 12.2 Å². The first-order valence-corrected chi connectivity index (χ1v) is 4.86. The lowest BCUT2D eigenvalue weighted by atomic mass is 10.0. The number of aliphatic hydroxyl groups is 1. The molecular weight excluding hydrogens is 191 g/mol. The second-order valence-electron chi connectivity index (χ2n) is 3.51. The monoisotopic (exact) mass is 206 g/mol. The molecule has 0 heterocycles. The molecule has 15 heavy (non-hydrogen) atoms. The minimum absolute atomic E-state index is 0.143. The molecular formula is C13H15FO. The predicted molar refractivity (Wildman–Crippen MR) is 61.2 cm³/mol. The lowest BCUT2D eigenvalue weighted by Gasteiger charge is -2.03. The number of halogens is 1. The first-order chi connectivity index (χ1) is 7.13. The number of aliphatic hydroxyl groups excluding tert-OH is 1. The van der Waals surface area contributed by atoms with E-state index < -0.39 is 0 Å². The van der Waals surface area contributed by atoms with E-state index in [2.05, 4.69) is 6.58 Å². The van der Waals surface area contributed by atoms with Crippen molar-refractivity contribution in [3.63, 3.8) is 0 Å². The summed E-state index contributed by atoms with van der Waals surface area (Å²) in [5.74, 6) is 0.0498. The van der Waals surface area contributed by atoms with Crippen molar-refractivity contribution in [2.24, 2.45) is 0 Å². The fraction of sp³-hybridized carbons (Fsp3) is 0.231. The molecule has 1 rings (SSSR count). The molecule has 2 heteroatoms. The minimum atomic E-state index is -0.143. The fourth-order valence-corrected chi connectivity index (χ4v) is 1.33. The first-order valence-electron chi connectivity index (χ1n) is 4.86. The van der Waals surface area contributed by atoms with Crippen molar-refractivity contribution in [2.75, 3.05) is 0 Å². The van der Waals surface area contributed by atoms with E-state index >= 15 is 0 Å². The second kappa shape index (κ2) is 5.35. The van der Waals surface area contributed by atoms with Gasteiger partial charge in [0, 0.05) is 6.42 Å². The van der Waals surface area contributed by atoms with Crippen LogP contribution in [0.15, 0.2) is 59.7 Å². The van der Waals surface area contributed by atoms with Crippen molar-refractivity contribution in [3.05, 3.63) is 59.7 Å². The van der Waals surface area contributed by atoms with Crippen LogP contribution < -0.4 is 0 Å². The lowest BCUT2D eigenvalue weighted by Crippen LogP contribution is -1.86. The Hall–Kier alpha value is -1.57. The summed E-state index contributed by atoms with van der Waals surface area (Å²) in [6, 6.07) is 0. The molecule has 80 valence electrons. The van der Waals surface area contributed by atoms with Crippen LogP contribution in [0.4, 0.5) is 4.39 Å². The summed E-state index contributed by atoms with van der Waals surface area (Å²) >= 11 is 0. The van der Waals surface area contributed by atoms with Gasteiger partial charge in [-0.15, -0.1) is 0 Å². The summed E-state index contributed by atoms with van der Waals surface area (Å²) in [5.41, 5.74) is 1.81. The average Bonchev–Trinajstić information content (AvgIpc) is 2.42. The van der Waals surface area contributed by atoms with Crippen molar-refractivity contribution < 1.29 is 9.50 Å². The molecule has 0 fully saturated rings. The number of rotatable bonds is 3. The van der Waals surface area contributed by atoms with E-state index in [-0.39, 0.29) is 11.6 Å². The Morgan fingerprint density at radius 1 is 1.60 bits per heavy atom. The van der Waals surface area contributed by atoms with Gasteiger partial charge in [-0.25, -0.2) is 4.39 Å². The van der Waals surface area contributed by atoms with Crippen molar-refractivity contribution in [1.82, 2.24) is 0 Å². The van der Waals surface area contributed by atoms with Gasteiger partial charge in [-0.05, 0) is 36.6 Å². The van der Waals surface area contributed by atoms with E-state index in [1.807, 2.05) is 13.0 Å². The van der Waals surface area contributed by atoms with Crippen LogP contribution in [0.3, 0.4) is 0 Å². The third kappa shape index (κ3) is 3.58. The average molecular weight is 206 g/mol. The molecule has 1 aliphatic rings. The van der Waals surface area contributed by atoms with Crippen LogP contribution >= 0.6 is 0 Å². The summed E-state index contributed by atoms with van der Waals surface area (Å²) in [4.78, 5) is 0. The van der Waals surface area contributed by atoms with Crippen molar-refractivity contribution >= 4 is 0 Å². The maximum absolute atomic E-state index is 12.9. The maximum atomic E-state index is 12.9. The van der Waals surface area contributed by atoms with Gasteiger partial charge < -0.3 is 5.11 Å². The molecule has 0 saturated carbocycles. The van der Waals surface area contributed by atoms with Gasteiger partial charge in [0.1, 0.15) is 11.6 Å². The molecule has 1 N–H and O–H groups in total. The van der Waals surface area contributed by atoms with Gasteiger partial charge in [0.25, 0.3) is 0 Å². The topological polar surface area (TPSA) is 20.2 Å². The van der Waals surface area contributed by atoms with Crippen molar-refractivity contribution in [1.29, 1.82) is 0 Å². The predicted octanol–water partition coefficient (Wildman–Crippen LogP) is 4.13. The maximum Gasteiger partial charge on any atom is 0.114 e. The Balaban J connectivity index is 2.79. The molecule has 0 spiro atoms. The summed E-state index contributed by atoms with van der Waals surface area (Å²) < 4.78 is 12.9. The molecule has 1 aliphatic carbocycles. The standard InChI is InChI=1S/C13H15FO/c1-3-13(15)10(2)9-11-5-4-6-12(14)8-7-11/h3-5,7-8,15H,1,6,9H2,2H3/b13-10-. The van der Waals surface area contributed by atoms with Crippen LogP contribution in [-0.4, -0.2) is 5.11 Å². The smallest absolute Gasteiger partial charge is 0.114 e. The Kier molecular flexibility index (Phi) is 4.10. The van der Waals surface area contributed by atoms with Crippen molar-refractivity contribution in [2.45, 2.75) is 19.8 Å². The number of hydrogen-bond donors (Lipinski definition) is 1. The highest BCUT2D eigenvalue weighted by Crippen LogP contribution is 2.19. The van der Waals surface area contributed by atoms with Crippen LogP contribution in [0.1, 0.15) is 19.8 Å². The van der Waals surface area contributed by atoms with Gasteiger partial charge in [0.2, 0.25) is 0 Å². The van der Waals surface area contributed by atoms with Crippen LogP contribution in [0, 0.1) is 0 Å². The summed E-state index contributed by atoms with van der Waals surface area (Å²) in [7, 11) is 0. The van der Waals surface area contributed by atoms with Crippen molar-refractivity contribution in [3.8, 4) is 0 Å². The highest BCUT2D eigenvalue weighted by Gasteiger charge is 2.02. The van der Waals surface area contributed by atoms with E-state index in [0.717, 1.165) is 11.1 Å². The minimum Gasteiger partial charge on any atom is -0.508 e. The van der Waals surface area contributed by atoms with Gasteiger partial charge in [0.05, 0.1) is 0 Å². The zero-order valence-electron chi connectivity index (χ0n) is 8.83. The fourth-order valence-electron chi connectivity index (χ4n) is 1.33. The molecule has 0 unspecified atom stereocenters. The van der Waals surface area contributed by atoms with Crippen LogP contribution in [-0.2, 0) is 0 Å². The van der Waals surface area contributed by atoms with Crippen LogP contribution in [0.5, 0.6) is 0 Å². The zero-order valence-corrected chi connectivity index (χ0v) is 8.83. The summed E-state index contributed by atoms with van der Waals surface area (Å²) in [5, 5.41) is 9.40. The zero-order chi connectivity index (χ0) is 11.3. The Labute approximate surface area is 89.6 Å². The molecule has 0 aromatic heterocycles. The summed E-state index contributed by atoms with van der Waals surface area (Å²) in [6.07, 6.45) is 9.22. The van der Waals surface area contributed by atoms with Gasteiger partial charge in [-0.1, -0.05) is 24.8 Å². The molecule has 0 saturated heterocycles. The van der Waals surface area contributed by atoms with Gasteiger partial charge in [0.15, 0.2) is 0 Å². The number of allylic oxidation sites excluding steroid dienone is 8. The Morgan fingerprint density at radius 3 is 3.00 bits per heavy atom. The normalized spacial score (nSPS) is 17.5. The molecule has 0 atom stereocenters. The lowest BCUT2D eigenvalue weighted by molar-refractivity contribution is 0.424. The number of hydrogen-bond acceptors (Lipinski definition) is 1. The van der Waals surface area contributed by atoms with Crippen LogP contribution in [0.25, 0.3) is 0 Å². The SMILES string of the molecule is C=C/C(O)=C(\C)CC1=CC=C(F)CC=C1. The summed E-state index contributed by atoms with van der Waals surface area (Å²) in [6.45, 7) is 5.32. The molecule has 0 aliphatic heterocycles. The van der Waals surface area contributed by atoms with Gasteiger partial charge in [-0.3, -0.25) is 0 Å². The molecule has 0 radical (unpaired) electrons. The third-order valence-corrected chi connectivity index (χ3v) is 2.22. The second-order valence-corrected chi connectivity index (χ2v) is 3.51. The molecule has 0 aromatic carbocycles. The van der Waals surface area contributed by atoms with E-state index in [1.165, 1.54) is 12.2 Å². The molecule has 0 aromatic rings. The Bertz CT molecular complexity index is 370. The highest BCUT2D eigenvalue weighted by atomic mass is 19.1. The van der Waals surface area contributed by atoms with E-state index in [4.69, 9.17) is 0 Å². The molecule has 0 bridgehead atoms. The van der Waals surface area contributed by atoms with E-state index in [0.29, 0.717) is 12.8 Å². The molecule has 0 amide bonds.